The predicted molar refractivity (Wildman–Crippen MR) is 122 cm³/mol. The lowest BCUT2D eigenvalue weighted by molar-refractivity contribution is -0.0395. The molecule has 0 N–H and O–H groups in total. The number of piperidine rings is 1. The number of carbonyl (C=O) groups excluding carboxylic acids is 1. The molecule has 3 heterocycles. The van der Waals surface area contributed by atoms with Crippen LogP contribution in [0.4, 0.5) is 0 Å². The molecular weight excluding hydrogens is 402 g/mol. The molecule has 1 unspecified atom stereocenters. The minimum Gasteiger partial charge on any atom is -0.488 e. The van der Waals surface area contributed by atoms with Gasteiger partial charge in [0.25, 0.3) is 5.91 Å². The van der Waals surface area contributed by atoms with Crippen molar-refractivity contribution in [1.82, 2.24) is 14.5 Å². The van der Waals surface area contributed by atoms with E-state index in [0.717, 1.165) is 42.0 Å². The predicted octanol–water partition coefficient (Wildman–Crippen LogP) is 4.08. The van der Waals surface area contributed by atoms with Crippen LogP contribution in [0.3, 0.4) is 0 Å². The van der Waals surface area contributed by atoms with Gasteiger partial charge in [-0.05, 0) is 43.5 Å². The van der Waals surface area contributed by atoms with Crippen molar-refractivity contribution in [3.63, 3.8) is 0 Å². The van der Waals surface area contributed by atoms with Gasteiger partial charge in [0.15, 0.2) is 0 Å². The number of hydrogen-bond donors (Lipinski definition) is 0. The van der Waals surface area contributed by atoms with Crippen molar-refractivity contribution in [2.24, 2.45) is 0 Å². The summed E-state index contributed by atoms with van der Waals surface area (Å²) in [5.74, 6) is 1.93. The smallest absolute Gasteiger partial charge is 0.254 e. The molecule has 6 nitrogen and oxygen atoms in total. The summed E-state index contributed by atoms with van der Waals surface area (Å²) in [6.45, 7) is 4.64. The highest BCUT2D eigenvalue weighted by molar-refractivity contribution is 5.95. The molecule has 0 aliphatic carbocycles. The monoisotopic (exact) mass is 431 g/mol. The van der Waals surface area contributed by atoms with Crippen LogP contribution in [0.5, 0.6) is 5.75 Å². The van der Waals surface area contributed by atoms with E-state index in [9.17, 15) is 4.79 Å². The fourth-order valence-corrected chi connectivity index (χ4v) is 4.83. The lowest BCUT2D eigenvalue weighted by Gasteiger charge is -2.38. The molecule has 32 heavy (non-hydrogen) atoms. The highest BCUT2D eigenvalue weighted by atomic mass is 16.6. The number of aryl methyl sites for hydroxylation is 1. The second kappa shape index (κ2) is 8.79. The SMILES string of the molecule is Cc1nccn1Cc1ccccc1C(=O)N1CCC2(CC1)CC(Oc1ccccc1)CO2. The maximum absolute atomic E-state index is 13.4. The van der Waals surface area contributed by atoms with Crippen molar-refractivity contribution in [2.45, 2.75) is 44.4 Å². The number of rotatable bonds is 5. The van der Waals surface area contributed by atoms with Crippen molar-refractivity contribution in [3.8, 4) is 5.75 Å². The molecule has 6 heteroatoms. The molecule has 3 aromatic rings. The highest BCUT2D eigenvalue weighted by Gasteiger charge is 2.44. The van der Waals surface area contributed by atoms with Gasteiger partial charge in [-0.1, -0.05) is 36.4 Å². The van der Waals surface area contributed by atoms with Gasteiger partial charge in [-0.2, -0.15) is 0 Å². The average molecular weight is 432 g/mol. The Morgan fingerprint density at radius 1 is 1.12 bits per heavy atom. The van der Waals surface area contributed by atoms with Gasteiger partial charge in [0.2, 0.25) is 0 Å². The van der Waals surface area contributed by atoms with Crippen molar-refractivity contribution in [3.05, 3.63) is 83.9 Å². The Hall–Kier alpha value is -3.12. The number of hydrogen-bond acceptors (Lipinski definition) is 4. The van der Waals surface area contributed by atoms with E-state index in [1.54, 1.807) is 6.20 Å². The molecule has 1 spiro atoms. The molecule has 2 aliphatic heterocycles. The fourth-order valence-electron chi connectivity index (χ4n) is 4.83. The number of benzene rings is 2. The summed E-state index contributed by atoms with van der Waals surface area (Å²) in [5, 5.41) is 0. The Balaban J connectivity index is 1.22. The molecular formula is C26H29N3O3. The summed E-state index contributed by atoms with van der Waals surface area (Å²) in [7, 11) is 0. The van der Waals surface area contributed by atoms with Crippen LogP contribution in [0.25, 0.3) is 0 Å². The van der Waals surface area contributed by atoms with Crippen LogP contribution < -0.4 is 4.74 Å². The summed E-state index contributed by atoms with van der Waals surface area (Å²) in [4.78, 5) is 19.6. The molecule has 1 atom stereocenters. The first kappa shape index (κ1) is 20.8. The normalized spacial score (nSPS) is 19.9. The summed E-state index contributed by atoms with van der Waals surface area (Å²) in [6.07, 6.45) is 6.37. The van der Waals surface area contributed by atoms with Gasteiger partial charge in [-0.25, -0.2) is 4.98 Å². The zero-order valence-electron chi connectivity index (χ0n) is 18.4. The largest absolute Gasteiger partial charge is 0.488 e. The van der Waals surface area contributed by atoms with Gasteiger partial charge in [-0.3, -0.25) is 4.79 Å². The van der Waals surface area contributed by atoms with E-state index < -0.39 is 0 Å². The molecule has 0 radical (unpaired) electrons. The van der Waals surface area contributed by atoms with Crippen LogP contribution in [0.1, 0.15) is 41.0 Å². The van der Waals surface area contributed by atoms with Gasteiger partial charge in [0.1, 0.15) is 17.7 Å². The molecule has 2 aromatic carbocycles. The summed E-state index contributed by atoms with van der Waals surface area (Å²) >= 11 is 0. The topological polar surface area (TPSA) is 56.6 Å². The van der Waals surface area contributed by atoms with Gasteiger partial charge in [-0.15, -0.1) is 0 Å². The van der Waals surface area contributed by atoms with Gasteiger partial charge >= 0.3 is 0 Å². The number of nitrogens with zero attached hydrogens (tertiary/aromatic N) is 3. The lowest BCUT2D eigenvalue weighted by Crippen LogP contribution is -2.46. The molecule has 2 fully saturated rings. The minimum absolute atomic E-state index is 0.0683. The quantitative estimate of drug-likeness (QED) is 0.611. The fraction of sp³-hybridized carbons (Fsp3) is 0.385. The standard InChI is InChI=1S/C26H29N3O3/c1-20-27-13-16-29(20)18-21-7-5-6-10-24(21)25(30)28-14-11-26(12-15-28)17-23(19-31-26)32-22-8-3-2-4-9-22/h2-10,13,16,23H,11-12,14-15,17-19H2,1H3. The first-order valence-corrected chi connectivity index (χ1v) is 11.3. The number of likely N-dealkylation sites (tertiary alicyclic amines) is 1. The van der Waals surface area contributed by atoms with Crippen molar-refractivity contribution >= 4 is 5.91 Å². The van der Waals surface area contributed by atoms with Crippen LogP contribution in [0.15, 0.2) is 67.0 Å². The van der Waals surface area contributed by atoms with Crippen LogP contribution in [-0.2, 0) is 11.3 Å². The first-order valence-electron chi connectivity index (χ1n) is 11.3. The Kier molecular flexibility index (Phi) is 5.70. The van der Waals surface area contributed by atoms with Gasteiger partial charge in [0, 0.05) is 44.0 Å². The second-order valence-electron chi connectivity index (χ2n) is 8.80. The molecule has 2 saturated heterocycles. The second-order valence-corrected chi connectivity index (χ2v) is 8.80. The number of carbonyl (C=O) groups is 1. The summed E-state index contributed by atoms with van der Waals surface area (Å²) in [5.41, 5.74) is 1.62. The van der Waals surface area contributed by atoms with E-state index in [1.165, 1.54) is 0 Å². The molecule has 1 amide bonds. The van der Waals surface area contributed by atoms with Crippen molar-refractivity contribution in [1.29, 1.82) is 0 Å². The van der Waals surface area contributed by atoms with Gasteiger partial charge < -0.3 is 18.9 Å². The molecule has 0 saturated carbocycles. The van der Waals surface area contributed by atoms with Crippen LogP contribution >= 0.6 is 0 Å². The Morgan fingerprint density at radius 2 is 1.88 bits per heavy atom. The van der Waals surface area contributed by atoms with E-state index in [1.807, 2.05) is 72.6 Å². The zero-order valence-corrected chi connectivity index (χ0v) is 18.4. The molecule has 5 rings (SSSR count). The third kappa shape index (κ3) is 4.28. The summed E-state index contributed by atoms with van der Waals surface area (Å²) in [6, 6.07) is 17.8. The number of imidazole rings is 1. The Labute approximate surface area is 188 Å². The van der Waals surface area contributed by atoms with Crippen molar-refractivity contribution < 1.29 is 14.3 Å². The Bertz CT molecular complexity index is 1070. The van der Waals surface area contributed by atoms with E-state index in [-0.39, 0.29) is 17.6 Å². The summed E-state index contributed by atoms with van der Waals surface area (Å²) < 4.78 is 14.4. The van der Waals surface area contributed by atoms with Crippen LogP contribution in [0.2, 0.25) is 0 Å². The van der Waals surface area contributed by atoms with E-state index >= 15 is 0 Å². The first-order chi connectivity index (χ1) is 15.6. The highest BCUT2D eigenvalue weighted by Crippen LogP contribution is 2.37. The third-order valence-electron chi connectivity index (χ3n) is 6.70. The number of aromatic nitrogens is 2. The molecule has 1 aromatic heterocycles. The lowest BCUT2D eigenvalue weighted by atomic mass is 9.87. The molecule has 2 aliphatic rings. The number of para-hydroxylation sites is 1. The van der Waals surface area contributed by atoms with E-state index in [4.69, 9.17) is 9.47 Å². The number of ether oxygens (including phenoxy) is 2. The third-order valence-corrected chi connectivity index (χ3v) is 6.70. The van der Waals surface area contributed by atoms with Crippen LogP contribution in [-0.4, -0.2) is 51.8 Å². The van der Waals surface area contributed by atoms with E-state index in [0.29, 0.717) is 26.2 Å². The van der Waals surface area contributed by atoms with Crippen molar-refractivity contribution in [2.75, 3.05) is 19.7 Å². The van der Waals surface area contributed by atoms with E-state index in [2.05, 4.69) is 9.55 Å². The Morgan fingerprint density at radius 3 is 2.62 bits per heavy atom. The van der Waals surface area contributed by atoms with Gasteiger partial charge in [0.05, 0.1) is 12.2 Å². The minimum atomic E-state index is -0.177. The number of amides is 1. The molecule has 166 valence electrons. The van der Waals surface area contributed by atoms with Crippen LogP contribution in [0, 0.1) is 6.92 Å². The molecule has 0 bridgehead atoms. The maximum Gasteiger partial charge on any atom is 0.254 e. The average Bonchev–Trinajstić information content (AvgIpc) is 3.41. The maximum atomic E-state index is 13.4. The zero-order chi connectivity index (χ0) is 22.0.